The minimum Gasteiger partial charge on any atom is -0.468 e. The van der Waals surface area contributed by atoms with Crippen LogP contribution in [0.25, 0.3) is 0 Å². The summed E-state index contributed by atoms with van der Waals surface area (Å²) in [6.45, 7) is 1.90. The molecule has 0 spiro atoms. The van der Waals surface area contributed by atoms with Crippen LogP contribution < -0.4 is 5.32 Å². The number of carbonyl (C=O) groups excluding carboxylic acids is 1. The maximum Gasteiger partial charge on any atom is 0.293 e. The number of nitro groups is 1. The highest BCUT2D eigenvalue weighted by Crippen LogP contribution is 2.26. The number of amides is 1. The molecule has 1 aromatic carbocycles. The van der Waals surface area contributed by atoms with E-state index < -0.39 is 20.7 Å². The van der Waals surface area contributed by atoms with Crippen molar-refractivity contribution in [1.29, 1.82) is 0 Å². The number of nitrogens with zero attached hydrogens (tertiary/aromatic N) is 2. The minimum absolute atomic E-state index is 0.0222. The summed E-state index contributed by atoms with van der Waals surface area (Å²) in [6.07, 6.45) is 1.94. The van der Waals surface area contributed by atoms with E-state index in [1.54, 1.807) is 30.0 Å². The van der Waals surface area contributed by atoms with E-state index in [1.165, 1.54) is 18.4 Å². The van der Waals surface area contributed by atoms with Crippen LogP contribution in [0.5, 0.6) is 0 Å². The number of hydrogen-bond donors (Lipinski definition) is 1. The van der Waals surface area contributed by atoms with E-state index >= 15 is 0 Å². The number of hydrogen-bond acceptors (Lipinski definition) is 7. The van der Waals surface area contributed by atoms with Gasteiger partial charge in [0.1, 0.15) is 11.4 Å². The molecule has 150 valence electrons. The lowest BCUT2D eigenvalue weighted by atomic mass is 10.2. The topological polar surface area (TPSA) is 123 Å². The number of sulfone groups is 1. The Morgan fingerprint density at radius 2 is 2.18 bits per heavy atom. The average molecular weight is 407 g/mol. The Hall–Kier alpha value is -2.72. The SMILES string of the molecule is Cc1ccc(NC(=O)CN(Cc2ccco2)C2CCS(=O)(=O)C2)c([N+](=O)[O-])c1. The fourth-order valence-electron chi connectivity index (χ4n) is 3.25. The Balaban J connectivity index is 1.75. The molecule has 1 aliphatic rings. The monoisotopic (exact) mass is 407 g/mol. The van der Waals surface area contributed by atoms with Crippen LogP contribution in [0.3, 0.4) is 0 Å². The summed E-state index contributed by atoms with van der Waals surface area (Å²) in [4.78, 5) is 25.0. The van der Waals surface area contributed by atoms with Crippen molar-refractivity contribution >= 4 is 27.1 Å². The van der Waals surface area contributed by atoms with Gasteiger partial charge in [-0.3, -0.25) is 19.8 Å². The van der Waals surface area contributed by atoms with Crippen molar-refractivity contribution in [3.05, 3.63) is 58.0 Å². The van der Waals surface area contributed by atoms with E-state index in [4.69, 9.17) is 4.42 Å². The van der Waals surface area contributed by atoms with Gasteiger partial charge in [-0.15, -0.1) is 0 Å². The summed E-state index contributed by atoms with van der Waals surface area (Å²) < 4.78 is 29.0. The van der Waals surface area contributed by atoms with Crippen LogP contribution in [0.2, 0.25) is 0 Å². The van der Waals surface area contributed by atoms with Gasteiger partial charge >= 0.3 is 0 Å². The molecule has 10 heteroatoms. The standard InChI is InChI=1S/C18H21N3O6S/c1-13-4-5-16(17(9-13)21(23)24)19-18(22)11-20(10-15-3-2-7-27-15)14-6-8-28(25,26)12-14/h2-5,7,9,14H,6,8,10-12H2,1H3,(H,19,22). The Morgan fingerprint density at radius 3 is 2.79 bits per heavy atom. The third-order valence-electron chi connectivity index (χ3n) is 4.63. The molecule has 1 aromatic heterocycles. The van der Waals surface area contributed by atoms with E-state index in [0.717, 1.165) is 0 Å². The van der Waals surface area contributed by atoms with E-state index in [0.29, 0.717) is 17.7 Å². The molecule has 1 saturated heterocycles. The van der Waals surface area contributed by atoms with Crippen molar-refractivity contribution in [2.45, 2.75) is 25.9 Å². The normalized spacial score (nSPS) is 18.3. The molecule has 0 saturated carbocycles. The summed E-state index contributed by atoms with van der Waals surface area (Å²) >= 11 is 0. The zero-order valence-electron chi connectivity index (χ0n) is 15.3. The average Bonchev–Trinajstić information content (AvgIpc) is 3.25. The number of furan rings is 1. The van der Waals surface area contributed by atoms with Crippen molar-refractivity contribution < 1.29 is 22.6 Å². The van der Waals surface area contributed by atoms with Crippen LogP contribution in [0.4, 0.5) is 11.4 Å². The van der Waals surface area contributed by atoms with Crippen LogP contribution in [-0.4, -0.2) is 48.2 Å². The van der Waals surface area contributed by atoms with Gasteiger partial charge in [-0.05, 0) is 37.1 Å². The number of anilines is 1. The maximum atomic E-state index is 12.6. The third kappa shape index (κ3) is 4.96. The van der Waals surface area contributed by atoms with Gasteiger partial charge < -0.3 is 9.73 Å². The first kappa shape index (κ1) is 20.0. The molecule has 3 rings (SSSR count). The predicted molar refractivity (Wildman–Crippen MR) is 103 cm³/mol. The van der Waals surface area contributed by atoms with Crippen LogP contribution in [0, 0.1) is 17.0 Å². The van der Waals surface area contributed by atoms with Crippen LogP contribution in [0.15, 0.2) is 41.0 Å². The molecule has 1 amide bonds. The zero-order chi connectivity index (χ0) is 20.3. The lowest BCUT2D eigenvalue weighted by molar-refractivity contribution is -0.384. The molecule has 0 aliphatic carbocycles. The Bertz CT molecular complexity index is 971. The van der Waals surface area contributed by atoms with E-state index in [2.05, 4.69) is 5.32 Å². The predicted octanol–water partition coefficient (Wildman–Crippen LogP) is 2.12. The minimum atomic E-state index is -3.13. The van der Waals surface area contributed by atoms with Gasteiger partial charge in [0.25, 0.3) is 5.69 Å². The second-order valence-electron chi connectivity index (χ2n) is 6.87. The van der Waals surface area contributed by atoms with Gasteiger partial charge in [0.05, 0.1) is 35.8 Å². The molecule has 9 nitrogen and oxygen atoms in total. The number of carbonyl (C=O) groups is 1. The highest BCUT2D eigenvalue weighted by Gasteiger charge is 2.33. The number of aryl methyl sites for hydroxylation is 1. The summed E-state index contributed by atoms with van der Waals surface area (Å²) in [5, 5.41) is 13.8. The van der Waals surface area contributed by atoms with Gasteiger partial charge in [-0.1, -0.05) is 6.07 Å². The van der Waals surface area contributed by atoms with Gasteiger partial charge in [0.15, 0.2) is 9.84 Å². The van der Waals surface area contributed by atoms with Crippen molar-refractivity contribution in [2.75, 3.05) is 23.4 Å². The van der Waals surface area contributed by atoms with Crippen molar-refractivity contribution in [3.63, 3.8) is 0 Å². The molecule has 2 aromatic rings. The molecule has 0 radical (unpaired) electrons. The highest BCUT2D eigenvalue weighted by atomic mass is 32.2. The number of nitro benzene ring substituents is 1. The first-order valence-electron chi connectivity index (χ1n) is 8.75. The number of benzene rings is 1. The fourth-order valence-corrected chi connectivity index (χ4v) is 5.01. The molecule has 1 atom stereocenters. The third-order valence-corrected chi connectivity index (χ3v) is 6.38. The van der Waals surface area contributed by atoms with Crippen LogP contribution in [-0.2, 0) is 21.2 Å². The summed E-state index contributed by atoms with van der Waals surface area (Å²) in [5.74, 6) is 0.212. The quantitative estimate of drug-likeness (QED) is 0.551. The molecule has 2 heterocycles. The van der Waals surface area contributed by atoms with Gasteiger partial charge in [-0.25, -0.2) is 8.42 Å². The lowest BCUT2D eigenvalue weighted by Gasteiger charge is -2.26. The van der Waals surface area contributed by atoms with Crippen LogP contribution >= 0.6 is 0 Å². The van der Waals surface area contributed by atoms with Crippen molar-refractivity contribution in [1.82, 2.24) is 4.90 Å². The number of rotatable bonds is 7. The van der Waals surface area contributed by atoms with E-state index in [-0.39, 0.29) is 42.0 Å². The molecular formula is C18H21N3O6S. The molecule has 1 unspecified atom stereocenters. The summed E-state index contributed by atoms with van der Waals surface area (Å²) in [5.41, 5.74) is 0.632. The molecule has 28 heavy (non-hydrogen) atoms. The van der Waals surface area contributed by atoms with Gasteiger partial charge in [0, 0.05) is 12.1 Å². The second kappa shape index (κ2) is 8.11. The molecule has 1 fully saturated rings. The molecular weight excluding hydrogens is 386 g/mol. The Labute approximate surface area is 162 Å². The summed E-state index contributed by atoms with van der Waals surface area (Å²) in [7, 11) is -3.13. The van der Waals surface area contributed by atoms with Crippen molar-refractivity contribution in [2.24, 2.45) is 0 Å². The molecule has 1 N–H and O–H groups in total. The molecule has 0 bridgehead atoms. The van der Waals surface area contributed by atoms with Crippen LogP contribution in [0.1, 0.15) is 17.7 Å². The Morgan fingerprint density at radius 1 is 1.39 bits per heavy atom. The largest absolute Gasteiger partial charge is 0.468 e. The van der Waals surface area contributed by atoms with Gasteiger partial charge in [-0.2, -0.15) is 0 Å². The first-order chi connectivity index (χ1) is 13.2. The van der Waals surface area contributed by atoms with Gasteiger partial charge in [0.2, 0.25) is 5.91 Å². The smallest absolute Gasteiger partial charge is 0.293 e. The summed E-state index contributed by atoms with van der Waals surface area (Å²) in [6, 6.07) is 7.71. The number of nitrogens with one attached hydrogen (secondary N) is 1. The van der Waals surface area contributed by atoms with E-state index in [9.17, 15) is 23.3 Å². The second-order valence-corrected chi connectivity index (χ2v) is 9.10. The lowest BCUT2D eigenvalue weighted by Crippen LogP contribution is -2.41. The molecule has 1 aliphatic heterocycles. The van der Waals surface area contributed by atoms with Crippen molar-refractivity contribution in [3.8, 4) is 0 Å². The van der Waals surface area contributed by atoms with E-state index in [1.807, 2.05) is 0 Å². The fraction of sp³-hybridized carbons (Fsp3) is 0.389. The Kier molecular flexibility index (Phi) is 5.80. The maximum absolute atomic E-state index is 12.6. The first-order valence-corrected chi connectivity index (χ1v) is 10.6. The highest BCUT2D eigenvalue weighted by molar-refractivity contribution is 7.91. The zero-order valence-corrected chi connectivity index (χ0v) is 16.1.